The van der Waals surface area contributed by atoms with Crippen LogP contribution >= 0.6 is 15.9 Å². The summed E-state index contributed by atoms with van der Waals surface area (Å²) in [5.41, 5.74) is 1.15. The molecule has 186 valence electrons. The fraction of sp³-hybridized carbons (Fsp3) is 0.417. The van der Waals surface area contributed by atoms with Crippen LogP contribution < -0.4 is 14.4 Å². The number of halogens is 1. The lowest BCUT2D eigenvalue weighted by Crippen LogP contribution is -2.52. The minimum atomic E-state index is -3.78. The number of ether oxygens (including phenoxy) is 1. The smallest absolute Gasteiger partial charge is 0.244 e. The van der Waals surface area contributed by atoms with E-state index in [2.05, 4.69) is 21.2 Å². The van der Waals surface area contributed by atoms with Gasteiger partial charge in [-0.15, -0.1) is 0 Å². The number of methoxy groups -OCH3 is 1. The first-order valence-corrected chi connectivity index (χ1v) is 13.6. The van der Waals surface area contributed by atoms with E-state index in [1.165, 1.54) is 12.0 Å². The third kappa shape index (κ3) is 7.73. The molecule has 8 nitrogen and oxygen atoms in total. The Kier molecular flexibility index (Phi) is 9.93. The van der Waals surface area contributed by atoms with Crippen molar-refractivity contribution in [3.05, 3.63) is 58.6 Å². The summed E-state index contributed by atoms with van der Waals surface area (Å²) in [6.45, 7) is 5.20. The van der Waals surface area contributed by atoms with Gasteiger partial charge < -0.3 is 15.0 Å². The molecule has 0 fully saturated rings. The predicted octanol–water partition coefficient (Wildman–Crippen LogP) is 3.56. The third-order valence-corrected chi connectivity index (χ3v) is 7.14. The molecule has 2 rings (SSSR count). The van der Waals surface area contributed by atoms with E-state index >= 15 is 0 Å². The molecule has 0 saturated heterocycles. The van der Waals surface area contributed by atoms with E-state index in [9.17, 15) is 18.0 Å². The number of anilines is 1. The zero-order chi connectivity index (χ0) is 25.5. The predicted molar refractivity (Wildman–Crippen MR) is 137 cm³/mol. The molecule has 0 bridgehead atoms. The monoisotopic (exact) mass is 553 g/mol. The van der Waals surface area contributed by atoms with Crippen LogP contribution in [0, 0.1) is 0 Å². The Morgan fingerprint density at radius 2 is 1.65 bits per heavy atom. The van der Waals surface area contributed by atoms with Crippen molar-refractivity contribution < 1.29 is 22.7 Å². The maximum absolute atomic E-state index is 13.5. The standard InChI is InChI=1S/C24H32BrN3O5S/c1-6-17(2)26-24(30)18(3)27(15-19-7-9-20(25)10-8-19)23(29)16-28(34(5,31)32)21-11-13-22(33-4)14-12-21/h7-14,17-18H,6,15-16H2,1-5H3,(H,26,30)/t17-,18+/m0/s1. The molecular formula is C24H32BrN3O5S. The summed E-state index contributed by atoms with van der Waals surface area (Å²) < 4.78 is 32.2. The molecule has 0 heterocycles. The van der Waals surface area contributed by atoms with E-state index in [0.717, 1.165) is 27.0 Å². The molecule has 0 aliphatic heterocycles. The van der Waals surface area contributed by atoms with E-state index < -0.39 is 28.5 Å². The largest absolute Gasteiger partial charge is 0.497 e. The maximum atomic E-state index is 13.5. The number of nitrogens with zero attached hydrogens (tertiary/aromatic N) is 2. The second-order valence-electron chi connectivity index (χ2n) is 8.11. The lowest BCUT2D eigenvalue weighted by Gasteiger charge is -2.32. The van der Waals surface area contributed by atoms with Crippen molar-refractivity contribution in [3.8, 4) is 5.75 Å². The molecule has 2 amide bonds. The summed E-state index contributed by atoms with van der Waals surface area (Å²) in [4.78, 5) is 27.7. The Bertz CT molecular complexity index is 1070. The molecule has 0 spiro atoms. The number of rotatable bonds is 11. The Morgan fingerprint density at radius 1 is 1.06 bits per heavy atom. The van der Waals surface area contributed by atoms with Gasteiger partial charge >= 0.3 is 0 Å². The van der Waals surface area contributed by atoms with Gasteiger partial charge in [0.25, 0.3) is 0 Å². The quantitative estimate of drug-likeness (QED) is 0.459. The number of sulfonamides is 1. The highest BCUT2D eigenvalue weighted by molar-refractivity contribution is 9.10. The van der Waals surface area contributed by atoms with Gasteiger partial charge in [0.2, 0.25) is 21.8 Å². The van der Waals surface area contributed by atoms with Crippen LogP contribution in [0.2, 0.25) is 0 Å². The molecule has 0 radical (unpaired) electrons. The molecule has 2 aromatic rings. The van der Waals surface area contributed by atoms with Gasteiger partial charge in [-0.2, -0.15) is 0 Å². The van der Waals surface area contributed by atoms with E-state index in [4.69, 9.17) is 4.74 Å². The normalized spacial score (nSPS) is 13.0. The molecule has 10 heteroatoms. The van der Waals surface area contributed by atoms with Crippen LogP contribution in [0.15, 0.2) is 53.0 Å². The lowest BCUT2D eigenvalue weighted by molar-refractivity contribution is -0.139. The zero-order valence-corrected chi connectivity index (χ0v) is 22.5. The Hall–Kier alpha value is -2.59. The Balaban J connectivity index is 2.36. The molecule has 0 unspecified atom stereocenters. The zero-order valence-electron chi connectivity index (χ0n) is 20.1. The van der Waals surface area contributed by atoms with Crippen molar-refractivity contribution in [2.24, 2.45) is 0 Å². The van der Waals surface area contributed by atoms with Crippen molar-refractivity contribution >= 4 is 43.5 Å². The Labute approximate surface area is 210 Å². The van der Waals surface area contributed by atoms with E-state index in [0.29, 0.717) is 11.4 Å². The topological polar surface area (TPSA) is 96.0 Å². The second-order valence-corrected chi connectivity index (χ2v) is 10.9. The van der Waals surface area contributed by atoms with Gasteiger partial charge in [-0.3, -0.25) is 13.9 Å². The molecule has 2 aromatic carbocycles. The number of carbonyl (C=O) groups excluding carboxylic acids is 2. The van der Waals surface area contributed by atoms with Gasteiger partial charge in [0, 0.05) is 17.1 Å². The fourth-order valence-electron chi connectivity index (χ4n) is 3.20. The Morgan fingerprint density at radius 3 is 2.15 bits per heavy atom. The molecule has 34 heavy (non-hydrogen) atoms. The summed E-state index contributed by atoms with van der Waals surface area (Å²) in [5, 5.41) is 2.90. The summed E-state index contributed by atoms with van der Waals surface area (Å²) in [5.74, 6) is -0.221. The summed E-state index contributed by atoms with van der Waals surface area (Å²) in [7, 11) is -2.26. The van der Waals surface area contributed by atoms with Crippen LogP contribution in [0.3, 0.4) is 0 Å². The van der Waals surface area contributed by atoms with E-state index in [-0.39, 0.29) is 18.5 Å². The van der Waals surface area contributed by atoms with Crippen LogP contribution in [0.4, 0.5) is 5.69 Å². The first-order valence-electron chi connectivity index (χ1n) is 10.9. The number of hydrogen-bond acceptors (Lipinski definition) is 5. The minimum absolute atomic E-state index is 0.0496. The number of amides is 2. The SMILES string of the molecule is CC[C@H](C)NC(=O)[C@@H](C)N(Cc1ccc(Br)cc1)C(=O)CN(c1ccc(OC)cc1)S(C)(=O)=O. The number of benzene rings is 2. The van der Waals surface area contributed by atoms with E-state index in [1.54, 1.807) is 31.2 Å². The van der Waals surface area contributed by atoms with Crippen molar-refractivity contribution in [2.45, 2.75) is 45.8 Å². The number of carbonyl (C=O) groups is 2. The van der Waals surface area contributed by atoms with Crippen molar-refractivity contribution in [3.63, 3.8) is 0 Å². The molecule has 1 N–H and O–H groups in total. The maximum Gasteiger partial charge on any atom is 0.244 e. The lowest BCUT2D eigenvalue weighted by atomic mass is 10.1. The summed E-state index contributed by atoms with van der Waals surface area (Å²) in [6.07, 6.45) is 1.79. The van der Waals surface area contributed by atoms with Crippen molar-refractivity contribution in [2.75, 3.05) is 24.2 Å². The van der Waals surface area contributed by atoms with Gasteiger partial charge in [0.05, 0.1) is 19.1 Å². The van der Waals surface area contributed by atoms with Crippen molar-refractivity contribution in [1.29, 1.82) is 0 Å². The highest BCUT2D eigenvalue weighted by Crippen LogP contribution is 2.22. The van der Waals surface area contributed by atoms with Crippen LogP contribution in [-0.2, 0) is 26.2 Å². The third-order valence-electron chi connectivity index (χ3n) is 5.47. The van der Waals surface area contributed by atoms with E-state index in [1.807, 2.05) is 38.1 Å². The molecular weight excluding hydrogens is 522 g/mol. The highest BCUT2D eigenvalue weighted by atomic mass is 79.9. The van der Waals surface area contributed by atoms with Gasteiger partial charge in [-0.05, 0) is 62.2 Å². The molecule has 0 aliphatic rings. The fourth-order valence-corrected chi connectivity index (χ4v) is 4.31. The van der Waals surface area contributed by atoms with Gasteiger partial charge in [-0.1, -0.05) is 35.0 Å². The first kappa shape index (κ1) is 27.7. The molecule has 0 aromatic heterocycles. The summed E-state index contributed by atoms with van der Waals surface area (Å²) in [6, 6.07) is 12.9. The van der Waals surface area contributed by atoms with Crippen molar-refractivity contribution in [1.82, 2.24) is 10.2 Å². The van der Waals surface area contributed by atoms with Gasteiger partial charge in [-0.25, -0.2) is 8.42 Å². The van der Waals surface area contributed by atoms with Crippen LogP contribution in [-0.4, -0.2) is 57.1 Å². The van der Waals surface area contributed by atoms with Crippen LogP contribution in [0.25, 0.3) is 0 Å². The highest BCUT2D eigenvalue weighted by Gasteiger charge is 2.30. The number of hydrogen-bond donors (Lipinski definition) is 1. The molecule has 2 atom stereocenters. The molecule has 0 aliphatic carbocycles. The second kappa shape index (κ2) is 12.2. The van der Waals surface area contributed by atoms with Gasteiger partial charge in [0.15, 0.2) is 0 Å². The van der Waals surface area contributed by atoms with Crippen LogP contribution in [0.5, 0.6) is 5.75 Å². The average molecular weight is 555 g/mol. The van der Waals surface area contributed by atoms with Crippen LogP contribution in [0.1, 0.15) is 32.8 Å². The minimum Gasteiger partial charge on any atom is -0.497 e. The molecule has 0 saturated carbocycles. The van der Waals surface area contributed by atoms with Gasteiger partial charge in [0.1, 0.15) is 18.3 Å². The number of nitrogens with one attached hydrogen (secondary N) is 1. The first-order chi connectivity index (χ1) is 16.0. The summed E-state index contributed by atoms with van der Waals surface area (Å²) >= 11 is 3.39. The average Bonchev–Trinajstić information content (AvgIpc) is 2.80.